The number of ether oxygens (including phenoxy) is 2. The van der Waals surface area contributed by atoms with Gasteiger partial charge in [0.2, 0.25) is 0 Å². The Hall–Kier alpha value is -1.38. The number of benzene rings is 2. The van der Waals surface area contributed by atoms with Crippen LogP contribution in [0.1, 0.15) is 24.3 Å². The molecule has 16 heavy (non-hydrogen) atoms. The van der Waals surface area contributed by atoms with Crippen molar-refractivity contribution >= 4 is 10.8 Å². The van der Waals surface area contributed by atoms with Gasteiger partial charge in [-0.3, -0.25) is 0 Å². The van der Waals surface area contributed by atoms with E-state index in [1.807, 2.05) is 6.92 Å². The van der Waals surface area contributed by atoms with Crippen molar-refractivity contribution < 1.29 is 9.47 Å². The largest absolute Gasteiger partial charge is 0.349 e. The molecule has 0 spiro atoms. The third kappa shape index (κ3) is 1.51. The van der Waals surface area contributed by atoms with E-state index in [-0.39, 0.29) is 6.29 Å². The zero-order chi connectivity index (χ0) is 11.0. The van der Waals surface area contributed by atoms with Gasteiger partial charge in [-0.15, -0.1) is 0 Å². The summed E-state index contributed by atoms with van der Waals surface area (Å²) in [6.45, 7) is 3.32. The van der Waals surface area contributed by atoms with Gasteiger partial charge in [0.05, 0.1) is 6.61 Å². The van der Waals surface area contributed by atoms with Crippen molar-refractivity contribution in [2.24, 2.45) is 0 Å². The van der Waals surface area contributed by atoms with E-state index >= 15 is 0 Å². The highest BCUT2D eigenvalue weighted by atomic mass is 16.7. The maximum atomic E-state index is 5.61. The molecule has 1 aliphatic heterocycles. The predicted molar refractivity (Wildman–Crippen MR) is 63.1 cm³/mol. The lowest BCUT2D eigenvalue weighted by atomic mass is 10.0. The molecule has 0 bridgehead atoms. The topological polar surface area (TPSA) is 18.5 Å². The van der Waals surface area contributed by atoms with Crippen molar-refractivity contribution in [3.63, 3.8) is 0 Å². The highest BCUT2D eigenvalue weighted by Crippen LogP contribution is 2.34. The molecule has 0 radical (unpaired) electrons. The van der Waals surface area contributed by atoms with Crippen LogP contribution in [0.4, 0.5) is 0 Å². The molecule has 0 fully saturated rings. The van der Waals surface area contributed by atoms with Crippen molar-refractivity contribution in [1.29, 1.82) is 0 Å². The Bertz CT molecular complexity index is 519. The summed E-state index contributed by atoms with van der Waals surface area (Å²) in [7, 11) is 0. The first kappa shape index (κ1) is 9.82. The third-order valence-electron chi connectivity index (χ3n) is 2.97. The van der Waals surface area contributed by atoms with E-state index in [9.17, 15) is 0 Å². The first-order valence-electron chi connectivity index (χ1n) is 5.63. The molecule has 82 valence electrons. The Balaban J connectivity index is 2.12. The summed E-state index contributed by atoms with van der Waals surface area (Å²) in [5.74, 6) is 0. The first-order chi connectivity index (χ1) is 7.88. The lowest BCUT2D eigenvalue weighted by molar-refractivity contribution is -0.134. The molecule has 0 amide bonds. The highest BCUT2D eigenvalue weighted by molar-refractivity contribution is 5.84. The summed E-state index contributed by atoms with van der Waals surface area (Å²) in [6.07, 6.45) is -0.176. The van der Waals surface area contributed by atoms with E-state index in [1.165, 1.54) is 21.9 Å². The van der Waals surface area contributed by atoms with Crippen LogP contribution in [-0.2, 0) is 16.1 Å². The molecule has 2 aromatic carbocycles. The number of hydrogen-bond donors (Lipinski definition) is 0. The number of fused-ring (bicyclic) bond motifs is 2. The molecule has 0 aromatic heterocycles. The second kappa shape index (κ2) is 3.89. The van der Waals surface area contributed by atoms with Gasteiger partial charge >= 0.3 is 0 Å². The SMILES string of the molecule is CCOC1OCc2cc3ccccc3cc21. The van der Waals surface area contributed by atoms with Crippen LogP contribution in [0.5, 0.6) is 0 Å². The van der Waals surface area contributed by atoms with Gasteiger partial charge < -0.3 is 9.47 Å². The highest BCUT2D eigenvalue weighted by Gasteiger charge is 2.23. The summed E-state index contributed by atoms with van der Waals surface area (Å²) in [4.78, 5) is 0. The van der Waals surface area contributed by atoms with Gasteiger partial charge in [0, 0.05) is 12.2 Å². The average Bonchev–Trinajstić information content (AvgIpc) is 2.70. The third-order valence-corrected chi connectivity index (χ3v) is 2.97. The molecule has 0 saturated carbocycles. The fourth-order valence-corrected chi connectivity index (χ4v) is 2.19. The minimum absolute atomic E-state index is 0.176. The second-order valence-corrected chi connectivity index (χ2v) is 4.00. The maximum Gasteiger partial charge on any atom is 0.184 e. The molecule has 3 rings (SSSR count). The predicted octanol–water partition coefficient (Wildman–Crippen LogP) is 3.41. The standard InChI is InChI=1S/C14H14O2/c1-2-15-14-13-8-11-6-4-3-5-10(11)7-12(13)9-16-14/h3-8,14H,2,9H2,1H3. The molecular weight excluding hydrogens is 200 g/mol. The van der Waals surface area contributed by atoms with Crippen molar-refractivity contribution in [3.8, 4) is 0 Å². The van der Waals surface area contributed by atoms with Crippen LogP contribution in [0.3, 0.4) is 0 Å². The van der Waals surface area contributed by atoms with Crippen molar-refractivity contribution in [2.75, 3.05) is 6.61 Å². The Morgan fingerprint density at radius 1 is 1.25 bits per heavy atom. The van der Waals surface area contributed by atoms with Crippen LogP contribution in [0.15, 0.2) is 36.4 Å². The average molecular weight is 214 g/mol. The Kier molecular flexibility index (Phi) is 2.39. The molecule has 1 aliphatic rings. The number of hydrogen-bond acceptors (Lipinski definition) is 2. The Labute approximate surface area is 94.8 Å². The van der Waals surface area contributed by atoms with Gasteiger partial charge in [0.25, 0.3) is 0 Å². The van der Waals surface area contributed by atoms with E-state index < -0.39 is 0 Å². The van der Waals surface area contributed by atoms with E-state index in [2.05, 4.69) is 36.4 Å². The monoisotopic (exact) mass is 214 g/mol. The van der Waals surface area contributed by atoms with E-state index in [0.29, 0.717) is 13.2 Å². The normalized spacial score (nSPS) is 18.9. The molecule has 2 aromatic rings. The van der Waals surface area contributed by atoms with E-state index in [0.717, 1.165) is 0 Å². The van der Waals surface area contributed by atoms with Gasteiger partial charge in [-0.05, 0) is 35.4 Å². The minimum Gasteiger partial charge on any atom is -0.349 e. The maximum absolute atomic E-state index is 5.61. The molecule has 1 unspecified atom stereocenters. The van der Waals surface area contributed by atoms with Crippen LogP contribution in [0, 0.1) is 0 Å². The van der Waals surface area contributed by atoms with Crippen LogP contribution < -0.4 is 0 Å². The van der Waals surface area contributed by atoms with Gasteiger partial charge in [-0.2, -0.15) is 0 Å². The van der Waals surface area contributed by atoms with E-state index in [1.54, 1.807) is 0 Å². The van der Waals surface area contributed by atoms with E-state index in [4.69, 9.17) is 9.47 Å². The van der Waals surface area contributed by atoms with Crippen LogP contribution in [0.2, 0.25) is 0 Å². The van der Waals surface area contributed by atoms with Crippen molar-refractivity contribution in [2.45, 2.75) is 19.8 Å². The minimum atomic E-state index is -0.176. The fourth-order valence-electron chi connectivity index (χ4n) is 2.19. The summed E-state index contributed by atoms with van der Waals surface area (Å²) in [6, 6.07) is 12.7. The van der Waals surface area contributed by atoms with Gasteiger partial charge in [0.15, 0.2) is 6.29 Å². The molecule has 0 saturated heterocycles. The summed E-state index contributed by atoms with van der Waals surface area (Å²) >= 11 is 0. The first-order valence-corrected chi connectivity index (χ1v) is 5.63. The molecule has 0 aliphatic carbocycles. The molecule has 1 heterocycles. The van der Waals surface area contributed by atoms with Gasteiger partial charge in [-0.25, -0.2) is 0 Å². The quantitative estimate of drug-likeness (QED) is 0.762. The van der Waals surface area contributed by atoms with Crippen LogP contribution in [0.25, 0.3) is 10.8 Å². The van der Waals surface area contributed by atoms with Gasteiger partial charge in [-0.1, -0.05) is 24.3 Å². The second-order valence-electron chi connectivity index (χ2n) is 4.00. The van der Waals surface area contributed by atoms with Crippen molar-refractivity contribution in [1.82, 2.24) is 0 Å². The lowest BCUT2D eigenvalue weighted by Gasteiger charge is -2.11. The lowest BCUT2D eigenvalue weighted by Crippen LogP contribution is -2.01. The Morgan fingerprint density at radius 3 is 2.75 bits per heavy atom. The molecule has 0 N–H and O–H groups in total. The number of rotatable bonds is 2. The summed E-state index contributed by atoms with van der Waals surface area (Å²) in [5, 5.41) is 2.51. The Morgan fingerprint density at radius 2 is 2.00 bits per heavy atom. The zero-order valence-corrected chi connectivity index (χ0v) is 9.27. The zero-order valence-electron chi connectivity index (χ0n) is 9.27. The molecule has 1 atom stereocenters. The summed E-state index contributed by atoms with van der Waals surface area (Å²) < 4.78 is 11.2. The molecule has 2 heteroatoms. The fraction of sp³-hybridized carbons (Fsp3) is 0.286. The van der Waals surface area contributed by atoms with Gasteiger partial charge in [0.1, 0.15) is 0 Å². The van der Waals surface area contributed by atoms with Crippen molar-refractivity contribution in [3.05, 3.63) is 47.5 Å². The molecule has 2 nitrogen and oxygen atoms in total. The summed E-state index contributed by atoms with van der Waals surface area (Å²) in [5.41, 5.74) is 2.43. The molecular formula is C14H14O2. The smallest absolute Gasteiger partial charge is 0.184 e. The van der Waals surface area contributed by atoms with Crippen LogP contribution >= 0.6 is 0 Å². The van der Waals surface area contributed by atoms with Crippen LogP contribution in [-0.4, -0.2) is 6.61 Å².